The van der Waals surface area contributed by atoms with Gasteiger partial charge in [-0.05, 0) is 30.0 Å². The van der Waals surface area contributed by atoms with Gasteiger partial charge < -0.3 is 16.3 Å². The van der Waals surface area contributed by atoms with E-state index in [0.717, 1.165) is 11.1 Å². The number of aryl methyl sites for hydroxylation is 1. The van der Waals surface area contributed by atoms with E-state index in [1.54, 1.807) is 12.4 Å². The van der Waals surface area contributed by atoms with Gasteiger partial charge >= 0.3 is 0 Å². The second kappa shape index (κ2) is 6.72. The van der Waals surface area contributed by atoms with Gasteiger partial charge in [0.2, 0.25) is 5.91 Å². The topological polar surface area (TPSA) is 101 Å². The molecule has 0 aliphatic carbocycles. The van der Waals surface area contributed by atoms with Crippen molar-refractivity contribution in [3.63, 3.8) is 0 Å². The van der Waals surface area contributed by atoms with E-state index in [-0.39, 0.29) is 17.7 Å². The third-order valence-electron chi connectivity index (χ3n) is 2.98. The van der Waals surface area contributed by atoms with Gasteiger partial charge in [-0.3, -0.25) is 9.78 Å². The molecule has 1 aromatic rings. The fourth-order valence-corrected chi connectivity index (χ4v) is 1.81. The molecule has 1 aromatic heterocycles. The zero-order chi connectivity index (χ0) is 14.4. The van der Waals surface area contributed by atoms with Gasteiger partial charge in [-0.2, -0.15) is 0 Å². The molecule has 0 aromatic carbocycles. The fraction of sp³-hybridized carbons (Fsp3) is 0.462. The molecule has 0 bridgehead atoms. The van der Waals surface area contributed by atoms with Crippen molar-refractivity contribution in [1.82, 2.24) is 10.3 Å². The molecule has 6 nitrogen and oxygen atoms in total. The van der Waals surface area contributed by atoms with Gasteiger partial charge in [-0.25, -0.2) is 0 Å². The van der Waals surface area contributed by atoms with Gasteiger partial charge in [0.25, 0.3) is 0 Å². The zero-order valence-electron chi connectivity index (χ0n) is 11.4. The summed E-state index contributed by atoms with van der Waals surface area (Å²) in [5.41, 5.74) is 7.54. The number of oxime groups is 1. The van der Waals surface area contributed by atoms with Crippen LogP contribution in [0.3, 0.4) is 0 Å². The van der Waals surface area contributed by atoms with Crippen LogP contribution in [0.1, 0.15) is 25.0 Å². The number of hydrogen-bond donors (Lipinski definition) is 3. The normalized spacial score (nSPS) is 13.4. The molecule has 4 N–H and O–H groups in total. The van der Waals surface area contributed by atoms with Crippen molar-refractivity contribution in [2.24, 2.45) is 22.7 Å². The molecule has 19 heavy (non-hydrogen) atoms. The molecule has 104 valence electrons. The van der Waals surface area contributed by atoms with Crippen molar-refractivity contribution in [2.75, 3.05) is 0 Å². The quantitative estimate of drug-likeness (QED) is 0.320. The van der Waals surface area contributed by atoms with Crippen molar-refractivity contribution in [3.8, 4) is 0 Å². The van der Waals surface area contributed by atoms with E-state index in [4.69, 9.17) is 10.9 Å². The number of hydrogen-bond acceptors (Lipinski definition) is 4. The highest BCUT2D eigenvalue weighted by Gasteiger charge is 2.26. The Balaban J connectivity index is 2.71. The first kappa shape index (κ1) is 14.9. The fourth-order valence-electron chi connectivity index (χ4n) is 1.81. The van der Waals surface area contributed by atoms with E-state index in [9.17, 15) is 4.79 Å². The number of nitrogens with two attached hydrogens (primary N) is 1. The molecule has 0 saturated heterocycles. The summed E-state index contributed by atoms with van der Waals surface area (Å²) in [6.07, 6.45) is 3.41. The average Bonchev–Trinajstić information content (AvgIpc) is 2.37. The summed E-state index contributed by atoms with van der Waals surface area (Å²) in [6, 6.07) is 1.88. The lowest BCUT2D eigenvalue weighted by Crippen LogP contribution is -2.41. The van der Waals surface area contributed by atoms with Crippen LogP contribution >= 0.6 is 0 Å². The lowest BCUT2D eigenvalue weighted by Gasteiger charge is -2.19. The second-order valence-electron chi connectivity index (χ2n) is 4.77. The summed E-state index contributed by atoms with van der Waals surface area (Å²) in [4.78, 5) is 16.1. The Hall–Kier alpha value is -2.11. The molecule has 0 radical (unpaired) electrons. The molecule has 0 spiro atoms. The second-order valence-corrected chi connectivity index (χ2v) is 4.77. The van der Waals surface area contributed by atoms with Gasteiger partial charge in [0, 0.05) is 18.9 Å². The first-order chi connectivity index (χ1) is 8.97. The minimum atomic E-state index is -0.637. The minimum Gasteiger partial charge on any atom is -0.409 e. The Bertz CT molecular complexity index is 471. The van der Waals surface area contributed by atoms with E-state index >= 15 is 0 Å². The van der Waals surface area contributed by atoms with Crippen LogP contribution in [0.4, 0.5) is 0 Å². The summed E-state index contributed by atoms with van der Waals surface area (Å²) >= 11 is 0. The lowest BCUT2D eigenvalue weighted by molar-refractivity contribution is -0.124. The van der Waals surface area contributed by atoms with E-state index in [1.165, 1.54) is 0 Å². The maximum atomic E-state index is 12.1. The largest absolute Gasteiger partial charge is 0.409 e. The number of carbonyl (C=O) groups excluding carboxylic acids is 1. The zero-order valence-corrected chi connectivity index (χ0v) is 11.4. The highest BCUT2D eigenvalue weighted by molar-refractivity contribution is 6.02. The maximum absolute atomic E-state index is 12.1. The van der Waals surface area contributed by atoms with Gasteiger partial charge in [0.15, 0.2) is 5.84 Å². The molecule has 0 aliphatic rings. The van der Waals surface area contributed by atoms with Crippen molar-refractivity contribution < 1.29 is 10.0 Å². The summed E-state index contributed by atoms with van der Waals surface area (Å²) < 4.78 is 0. The van der Waals surface area contributed by atoms with Crippen LogP contribution in [0.15, 0.2) is 23.6 Å². The Labute approximate surface area is 112 Å². The van der Waals surface area contributed by atoms with Crippen LogP contribution in [0, 0.1) is 18.8 Å². The molecule has 0 aliphatic heterocycles. The minimum absolute atomic E-state index is 0.0501. The van der Waals surface area contributed by atoms with Crippen LogP contribution in [0.5, 0.6) is 0 Å². The highest BCUT2D eigenvalue weighted by atomic mass is 16.4. The Kier molecular flexibility index (Phi) is 5.29. The van der Waals surface area contributed by atoms with E-state index in [1.807, 2.05) is 26.8 Å². The monoisotopic (exact) mass is 264 g/mol. The molecule has 6 heteroatoms. The summed E-state index contributed by atoms with van der Waals surface area (Å²) in [5.74, 6) is -1.02. The Morgan fingerprint density at radius 2 is 2.26 bits per heavy atom. The van der Waals surface area contributed by atoms with Gasteiger partial charge in [-0.1, -0.05) is 19.0 Å². The highest BCUT2D eigenvalue weighted by Crippen LogP contribution is 2.12. The van der Waals surface area contributed by atoms with Crippen LogP contribution < -0.4 is 11.1 Å². The molecular weight excluding hydrogens is 244 g/mol. The molecule has 1 amide bonds. The van der Waals surface area contributed by atoms with Crippen molar-refractivity contribution >= 4 is 11.7 Å². The van der Waals surface area contributed by atoms with E-state index in [2.05, 4.69) is 15.5 Å². The smallest absolute Gasteiger partial charge is 0.231 e. The third kappa shape index (κ3) is 3.94. The summed E-state index contributed by atoms with van der Waals surface area (Å²) in [5, 5.41) is 14.4. The summed E-state index contributed by atoms with van der Waals surface area (Å²) in [6.45, 7) is 6.02. The maximum Gasteiger partial charge on any atom is 0.231 e. The molecule has 1 atom stereocenters. The van der Waals surface area contributed by atoms with Gasteiger partial charge in [-0.15, -0.1) is 0 Å². The number of rotatable bonds is 5. The molecule has 0 saturated carbocycles. The third-order valence-corrected chi connectivity index (χ3v) is 2.98. The molecular formula is C13H20N4O2. The van der Waals surface area contributed by atoms with Crippen LogP contribution in [-0.2, 0) is 11.3 Å². The van der Waals surface area contributed by atoms with Crippen molar-refractivity contribution in [1.29, 1.82) is 0 Å². The van der Waals surface area contributed by atoms with Crippen LogP contribution in [0.25, 0.3) is 0 Å². The average molecular weight is 264 g/mol. The molecule has 1 heterocycles. The van der Waals surface area contributed by atoms with Crippen LogP contribution in [-0.4, -0.2) is 21.9 Å². The predicted octanol–water partition coefficient (Wildman–Crippen LogP) is 1.02. The predicted molar refractivity (Wildman–Crippen MR) is 72.6 cm³/mol. The SMILES string of the molecule is Cc1ccncc1CNC(=O)C(/C(N)=N/O)C(C)C. The van der Waals surface area contributed by atoms with Crippen molar-refractivity contribution in [2.45, 2.75) is 27.3 Å². The van der Waals surface area contributed by atoms with Gasteiger partial charge in [0.05, 0.1) is 0 Å². The lowest BCUT2D eigenvalue weighted by atomic mass is 9.93. The number of amides is 1. The summed E-state index contributed by atoms with van der Waals surface area (Å²) in [7, 11) is 0. The number of nitrogens with zero attached hydrogens (tertiary/aromatic N) is 2. The van der Waals surface area contributed by atoms with E-state index < -0.39 is 5.92 Å². The number of aromatic nitrogens is 1. The Morgan fingerprint density at radius 3 is 2.79 bits per heavy atom. The standard InChI is InChI=1S/C13H20N4O2/c1-8(2)11(12(14)17-19)13(18)16-7-10-6-15-5-4-9(10)3/h4-6,8,11,19H,7H2,1-3H3,(H2,14,17)(H,16,18). The first-order valence-corrected chi connectivity index (χ1v) is 6.12. The number of nitrogens with one attached hydrogen (secondary N) is 1. The van der Waals surface area contributed by atoms with Gasteiger partial charge in [0.1, 0.15) is 5.92 Å². The number of amidine groups is 1. The van der Waals surface area contributed by atoms with E-state index in [0.29, 0.717) is 6.54 Å². The number of pyridine rings is 1. The molecule has 1 rings (SSSR count). The van der Waals surface area contributed by atoms with Crippen molar-refractivity contribution in [3.05, 3.63) is 29.6 Å². The first-order valence-electron chi connectivity index (χ1n) is 6.12. The molecule has 1 unspecified atom stereocenters. The molecule has 0 fully saturated rings. The number of carbonyl (C=O) groups is 1. The Morgan fingerprint density at radius 1 is 1.58 bits per heavy atom. The van der Waals surface area contributed by atoms with Crippen LogP contribution in [0.2, 0.25) is 0 Å².